The van der Waals surface area contributed by atoms with Crippen molar-refractivity contribution >= 4 is 39.7 Å². The summed E-state index contributed by atoms with van der Waals surface area (Å²) in [5.74, 6) is -0.0952. The van der Waals surface area contributed by atoms with E-state index in [1.807, 2.05) is 59.2 Å². The van der Waals surface area contributed by atoms with Crippen molar-refractivity contribution in [3.63, 3.8) is 0 Å². The minimum Gasteiger partial charge on any atom is -0.370 e. The molecule has 0 bridgehead atoms. The SMILES string of the molecule is CN(CCc1ccccn1)C(=O)c1ccc2c(c1)nc(-c1ccnc3ccccc13)n2[C@H](CCCN=C(N)N)C(N)=O. The Balaban J connectivity index is 1.55. The molecule has 1 atom stereocenters. The Morgan fingerprint density at radius 2 is 1.76 bits per heavy atom. The van der Waals surface area contributed by atoms with Gasteiger partial charge in [-0.2, -0.15) is 0 Å². The Morgan fingerprint density at radius 3 is 2.52 bits per heavy atom. The Labute approximate surface area is 243 Å². The van der Waals surface area contributed by atoms with Crippen molar-refractivity contribution in [3.05, 3.63) is 90.4 Å². The highest BCUT2D eigenvalue weighted by Gasteiger charge is 2.26. The molecular formula is C31H33N9O2. The van der Waals surface area contributed by atoms with E-state index in [0.29, 0.717) is 54.8 Å². The number of guanidine groups is 1. The van der Waals surface area contributed by atoms with Crippen LogP contribution in [0.1, 0.15) is 34.9 Å². The quantitative estimate of drug-likeness (QED) is 0.126. The smallest absolute Gasteiger partial charge is 0.253 e. The number of rotatable bonds is 11. The van der Waals surface area contributed by atoms with Crippen molar-refractivity contribution in [2.24, 2.45) is 22.2 Å². The van der Waals surface area contributed by atoms with Crippen LogP contribution >= 0.6 is 0 Å². The maximum absolute atomic E-state index is 13.4. The number of benzene rings is 2. The monoisotopic (exact) mass is 563 g/mol. The number of nitrogens with two attached hydrogens (primary N) is 3. The number of carbonyl (C=O) groups is 2. The summed E-state index contributed by atoms with van der Waals surface area (Å²) in [4.78, 5) is 45.8. The van der Waals surface area contributed by atoms with Crippen LogP contribution < -0.4 is 17.2 Å². The first-order chi connectivity index (χ1) is 20.3. The molecule has 0 fully saturated rings. The van der Waals surface area contributed by atoms with Gasteiger partial charge >= 0.3 is 0 Å². The number of para-hydroxylation sites is 1. The standard InChI is InChI=1S/C31H33N9O2/c1-39(18-14-21-7-4-5-15-35-21)30(42)20-11-12-26-25(19-20)38-29(23-13-17-36-24-9-3-2-8-22(23)24)40(26)27(28(32)41)10-6-16-37-31(33)34/h2-5,7-9,11-13,15,17,19,27H,6,10,14,16,18H2,1H3,(H2,32,41)(H4,33,34,37)/t27-/m1/s1. The molecule has 3 heterocycles. The van der Waals surface area contributed by atoms with E-state index in [-0.39, 0.29) is 11.9 Å². The second-order valence-electron chi connectivity index (χ2n) is 10.0. The van der Waals surface area contributed by atoms with Crippen molar-refractivity contribution < 1.29 is 9.59 Å². The molecule has 0 aliphatic heterocycles. The van der Waals surface area contributed by atoms with Gasteiger partial charge in [-0.15, -0.1) is 0 Å². The molecular weight excluding hydrogens is 530 g/mol. The minimum atomic E-state index is -0.728. The highest BCUT2D eigenvalue weighted by Crippen LogP contribution is 2.34. The van der Waals surface area contributed by atoms with Crippen LogP contribution in [0.3, 0.4) is 0 Å². The molecule has 42 heavy (non-hydrogen) atoms. The summed E-state index contributed by atoms with van der Waals surface area (Å²) in [5, 5.41) is 0.880. The summed E-state index contributed by atoms with van der Waals surface area (Å²) in [6, 6.07) is 19.9. The van der Waals surface area contributed by atoms with Gasteiger partial charge in [0.05, 0.1) is 16.6 Å². The zero-order chi connectivity index (χ0) is 29.6. The van der Waals surface area contributed by atoms with E-state index in [9.17, 15) is 9.59 Å². The molecule has 5 aromatic rings. The molecule has 0 radical (unpaired) electrons. The van der Waals surface area contributed by atoms with E-state index < -0.39 is 11.9 Å². The molecule has 0 aliphatic carbocycles. The first-order valence-corrected chi connectivity index (χ1v) is 13.7. The number of nitrogens with zero attached hydrogens (tertiary/aromatic N) is 6. The third kappa shape index (κ3) is 6.04. The summed E-state index contributed by atoms with van der Waals surface area (Å²) in [7, 11) is 1.77. The van der Waals surface area contributed by atoms with E-state index in [1.54, 1.807) is 36.5 Å². The topological polar surface area (TPSA) is 171 Å². The van der Waals surface area contributed by atoms with Gasteiger partial charge in [0, 0.05) is 61.2 Å². The summed E-state index contributed by atoms with van der Waals surface area (Å²) in [6.07, 6.45) is 5.01. The maximum Gasteiger partial charge on any atom is 0.253 e. The lowest BCUT2D eigenvalue weighted by Gasteiger charge is -2.20. The van der Waals surface area contributed by atoms with Gasteiger partial charge in [0.25, 0.3) is 5.91 Å². The second-order valence-corrected chi connectivity index (χ2v) is 10.0. The Kier molecular flexibility index (Phi) is 8.37. The maximum atomic E-state index is 13.4. The summed E-state index contributed by atoms with van der Waals surface area (Å²) in [6.45, 7) is 0.867. The first-order valence-electron chi connectivity index (χ1n) is 13.7. The number of amides is 2. The van der Waals surface area contributed by atoms with E-state index in [4.69, 9.17) is 22.2 Å². The fraction of sp³-hybridized carbons (Fsp3) is 0.226. The van der Waals surface area contributed by atoms with Crippen LogP contribution in [0.5, 0.6) is 0 Å². The number of fused-ring (bicyclic) bond motifs is 2. The van der Waals surface area contributed by atoms with E-state index in [2.05, 4.69) is 15.0 Å². The lowest BCUT2D eigenvalue weighted by Crippen LogP contribution is -2.29. The third-order valence-corrected chi connectivity index (χ3v) is 7.17. The van der Waals surface area contributed by atoms with Crippen molar-refractivity contribution in [2.45, 2.75) is 25.3 Å². The number of primary amides is 1. The first kappa shape index (κ1) is 28.2. The zero-order valence-electron chi connectivity index (χ0n) is 23.4. The predicted molar refractivity (Wildman–Crippen MR) is 164 cm³/mol. The average molecular weight is 564 g/mol. The van der Waals surface area contributed by atoms with Crippen molar-refractivity contribution in [3.8, 4) is 11.4 Å². The molecule has 6 N–H and O–H groups in total. The number of likely N-dealkylation sites (N-methyl/N-ethyl adjacent to an activating group) is 1. The van der Waals surface area contributed by atoms with Crippen LogP contribution in [0.4, 0.5) is 0 Å². The van der Waals surface area contributed by atoms with E-state index in [1.165, 1.54) is 0 Å². The van der Waals surface area contributed by atoms with E-state index in [0.717, 1.165) is 22.2 Å². The number of hydrogen-bond donors (Lipinski definition) is 3. The van der Waals surface area contributed by atoms with Crippen LogP contribution in [-0.4, -0.2) is 62.3 Å². The van der Waals surface area contributed by atoms with Gasteiger partial charge in [-0.1, -0.05) is 24.3 Å². The summed E-state index contributed by atoms with van der Waals surface area (Å²) in [5.41, 5.74) is 21.2. The molecule has 0 saturated carbocycles. The Hall–Kier alpha value is -5.32. The molecule has 214 valence electrons. The van der Waals surface area contributed by atoms with Crippen LogP contribution in [0.15, 0.2) is 84.1 Å². The van der Waals surface area contributed by atoms with Gasteiger partial charge in [-0.05, 0) is 55.3 Å². The lowest BCUT2D eigenvalue weighted by molar-refractivity contribution is -0.121. The minimum absolute atomic E-state index is 0.00940. The van der Waals surface area contributed by atoms with E-state index >= 15 is 0 Å². The van der Waals surface area contributed by atoms with Crippen molar-refractivity contribution in [2.75, 3.05) is 20.1 Å². The largest absolute Gasteiger partial charge is 0.370 e. The number of aromatic nitrogens is 4. The molecule has 11 heteroatoms. The molecule has 0 unspecified atom stereocenters. The zero-order valence-corrected chi connectivity index (χ0v) is 23.4. The molecule has 0 spiro atoms. The highest BCUT2D eigenvalue weighted by molar-refractivity contribution is 6.00. The van der Waals surface area contributed by atoms with Crippen LogP contribution in [0.25, 0.3) is 33.3 Å². The van der Waals surface area contributed by atoms with Gasteiger partial charge in [0.15, 0.2) is 5.96 Å². The fourth-order valence-electron chi connectivity index (χ4n) is 5.07. The molecule has 3 aromatic heterocycles. The van der Waals surface area contributed by atoms with Crippen molar-refractivity contribution in [1.29, 1.82) is 0 Å². The van der Waals surface area contributed by atoms with Gasteiger partial charge < -0.3 is 26.7 Å². The van der Waals surface area contributed by atoms with Crippen LogP contribution in [0, 0.1) is 0 Å². The number of imidazole rings is 1. The fourth-order valence-corrected chi connectivity index (χ4v) is 5.07. The lowest BCUT2D eigenvalue weighted by atomic mass is 10.1. The highest BCUT2D eigenvalue weighted by atomic mass is 16.2. The van der Waals surface area contributed by atoms with Gasteiger partial charge in [0.1, 0.15) is 11.9 Å². The number of pyridine rings is 2. The second kappa shape index (κ2) is 12.5. The Bertz CT molecular complexity index is 1760. The van der Waals surface area contributed by atoms with Gasteiger partial charge in [-0.3, -0.25) is 24.5 Å². The van der Waals surface area contributed by atoms with Crippen LogP contribution in [0.2, 0.25) is 0 Å². The molecule has 11 nitrogen and oxygen atoms in total. The predicted octanol–water partition coefficient (Wildman–Crippen LogP) is 3.04. The normalized spacial score (nSPS) is 11.8. The number of carbonyl (C=O) groups excluding carboxylic acids is 2. The number of hydrogen-bond acceptors (Lipinski definition) is 6. The van der Waals surface area contributed by atoms with Crippen molar-refractivity contribution in [1.82, 2.24) is 24.4 Å². The molecule has 2 aromatic carbocycles. The Morgan fingerprint density at radius 1 is 0.952 bits per heavy atom. The summed E-state index contributed by atoms with van der Waals surface area (Å²) >= 11 is 0. The summed E-state index contributed by atoms with van der Waals surface area (Å²) < 4.78 is 1.86. The average Bonchev–Trinajstić information content (AvgIpc) is 3.37. The molecule has 0 saturated heterocycles. The van der Waals surface area contributed by atoms with Gasteiger partial charge in [-0.25, -0.2) is 4.98 Å². The molecule has 0 aliphatic rings. The van der Waals surface area contributed by atoms with Crippen LogP contribution in [-0.2, 0) is 11.2 Å². The van der Waals surface area contributed by atoms with Gasteiger partial charge in [0.2, 0.25) is 5.91 Å². The molecule has 5 rings (SSSR count). The number of aliphatic imine (C=N–C) groups is 1. The molecule has 2 amide bonds. The third-order valence-electron chi connectivity index (χ3n) is 7.17.